The number of nitrogens with zero attached hydrogens (tertiary/aromatic N) is 5. The smallest absolute Gasteiger partial charge is 0.229 e. The Morgan fingerprint density at radius 2 is 1.97 bits per heavy atom. The van der Waals surface area contributed by atoms with Crippen LogP contribution in [0.15, 0.2) is 42.7 Å². The third kappa shape index (κ3) is 4.12. The Bertz CT molecular complexity index is 1050. The molecule has 0 bridgehead atoms. The van der Waals surface area contributed by atoms with Crippen molar-refractivity contribution in [3.8, 4) is 11.6 Å². The lowest BCUT2D eigenvalue weighted by Gasteiger charge is -2.33. The number of aromatic nitrogens is 4. The van der Waals surface area contributed by atoms with Crippen molar-refractivity contribution >= 4 is 17.4 Å². The number of ether oxygens (including phenoxy) is 1. The van der Waals surface area contributed by atoms with Crippen molar-refractivity contribution in [2.75, 3.05) is 30.4 Å². The average molecular weight is 406 g/mol. The monoisotopic (exact) mass is 406 g/mol. The molecule has 1 unspecified atom stereocenters. The highest BCUT2D eigenvalue weighted by molar-refractivity contribution is 5.94. The fourth-order valence-electron chi connectivity index (χ4n) is 3.87. The SMILES string of the molecule is COc1ccccc1NC(=O)C1CCCN(c2cc(-n3nc(C)cc3C)ncn2)C1. The lowest BCUT2D eigenvalue weighted by Crippen LogP contribution is -2.41. The van der Waals surface area contributed by atoms with Gasteiger partial charge in [0.05, 0.1) is 24.4 Å². The fourth-order valence-corrected chi connectivity index (χ4v) is 3.87. The number of amides is 1. The molecule has 1 aliphatic heterocycles. The van der Waals surface area contributed by atoms with Crippen LogP contribution in [-0.2, 0) is 4.79 Å². The van der Waals surface area contributed by atoms with Crippen LogP contribution in [0.3, 0.4) is 0 Å². The Kier molecular flexibility index (Phi) is 5.65. The lowest BCUT2D eigenvalue weighted by molar-refractivity contribution is -0.120. The van der Waals surface area contributed by atoms with Gasteiger partial charge in [0.1, 0.15) is 17.9 Å². The molecule has 156 valence electrons. The van der Waals surface area contributed by atoms with Crippen molar-refractivity contribution < 1.29 is 9.53 Å². The summed E-state index contributed by atoms with van der Waals surface area (Å²) in [5.74, 6) is 2.06. The van der Waals surface area contributed by atoms with Crippen LogP contribution in [0.4, 0.5) is 11.5 Å². The van der Waals surface area contributed by atoms with Crippen molar-refractivity contribution in [1.82, 2.24) is 19.7 Å². The van der Waals surface area contributed by atoms with Gasteiger partial charge >= 0.3 is 0 Å². The van der Waals surface area contributed by atoms with Crippen LogP contribution in [-0.4, -0.2) is 45.9 Å². The van der Waals surface area contributed by atoms with Gasteiger partial charge in [-0.05, 0) is 44.9 Å². The molecule has 2 aromatic heterocycles. The van der Waals surface area contributed by atoms with Gasteiger partial charge in [-0.1, -0.05) is 12.1 Å². The largest absolute Gasteiger partial charge is 0.495 e. The lowest BCUT2D eigenvalue weighted by atomic mass is 9.97. The number of rotatable bonds is 5. The summed E-state index contributed by atoms with van der Waals surface area (Å²) in [6.07, 6.45) is 3.32. The predicted molar refractivity (Wildman–Crippen MR) is 115 cm³/mol. The quantitative estimate of drug-likeness (QED) is 0.701. The van der Waals surface area contributed by atoms with E-state index in [1.54, 1.807) is 13.4 Å². The number of hydrogen-bond acceptors (Lipinski definition) is 6. The molecule has 8 heteroatoms. The van der Waals surface area contributed by atoms with E-state index in [1.807, 2.05) is 54.9 Å². The van der Waals surface area contributed by atoms with Crippen LogP contribution in [0.1, 0.15) is 24.2 Å². The number of methoxy groups -OCH3 is 1. The molecule has 1 fully saturated rings. The molecular weight excluding hydrogens is 380 g/mol. The van der Waals surface area contributed by atoms with Crippen molar-refractivity contribution in [3.63, 3.8) is 0 Å². The highest BCUT2D eigenvalue weighted by atomic mass is 16.5. The maximum absolute atomic E-state index is 12.9. The summed E-state index contributed by atoms with van der Waals surface area (Å²) >= 11 is 0. The second kappa shape index (κ2) is 8.52. The molecule has 1 aromatic carbocycles. The number of piperidine rings is 1. The molecule has 1 amide bonds. The number of carbonyl (C=O) groups excluding carboxylic acids is 1. The van der Waals surface area contributed by atoms with E-state index >= 15 is 0 Å². The first-order valence-corrected chi connectivity index (χ1v) is 10.1. The van der Waals surface area contributed by atoms with E-state index in [9.17, 15) is 4.79 Å². The summed E-state index contributed by atoms with van der Waals surface area (Å²) in [4.78, 5) is 23.9. The van der Waals surface area contributed by atoms with Gasteiger partial charge in [0, 0.05) is 24.8 Å². The molecule has 3 aromatic rings. The predicted octanol–water partition coefficient (Wildman–Crippen LogP) is 3.14. The van der Waals surface area contributed by atoms with Crippen molar-refractivity contribution in [3.05, 3.63) is 54.1 Å². The molecule has 1 saturated heterocycles. The molecule has 1 atom stereocenters. The van der Waals surface area contributed by atoms with E-state index in [0.29, 0.717) is 18.0 Å². The number of para-hydroxylation sites is 2. The highest BCUT2D eigenvalue weighted by Crippen LogP contribution is 2.27. The van der Waals surface area contributed by atoms with Crippen LogP contribution in [0.2, 0.25) is 0 Å². The second-order valence-corrected chi connectivity index (χ2v) is 7.55. The molecule has 30 heavy (non-hydrogen) atoms. The van der Waals surface area contributed by atoms with E-state index in [2.05, 4.69) is 25.3 Å². The number of benzene rings is 1. The van der Waals surface area contributed by atoms with E-state index in [0.717, 1.165) is 42.4 Å². The topological polar surface area (TPSA) is 85.2 Å². The van der Waals surface area contributed by atoms with Gasteiger partial charge in [-0.25, -0.2) is 14.6 Å². The van der Waals surface area contributed by atoms with Gasteiger partial charge < -0.3 is 15.0 Å². The van der Waals surface area contributed by atoms with Gasteiger partial charge in [0.15, 0.2) is 5.82 Å². The molecule has 0 radical (unpaired) electrons. The zero-order valence-corrected chi connectivity index (χ0v) is 17.5. The maximum Gasteiger partial charge on any atom is 0.229 e. The van der Waals surface area contributed by atoms with Crippen LogP contribution in [0.25, 0.3) is 5.82 Å². The minimum Gasteiger partial charge on any atom is -0.495 e. The summed E-state index contributed by atoms with van der Waals surface area (Å²) in [5.41, 5.74) is 2.65. The van der Waals surface area contributed by atoms with Crippen LogP contribution < -0.4 is 15.0 Å². The standard InChI is InChI=1S/C22H26N6O2/c1-15-11-16(2)28(26-15)21-12-20(23-14-24-21)27-10-6-7-17(13-27)22(29)25-18-8-4-5-9-19(18)30-3/h4-5,8-9,11-12,14,17H,6-7,10,13H2,1-3H3,(H,25,29). The molecule has 0 spiro atoms. The summed E-state index contributed by atoms with van der Waals surface area (Å²) in [6, 6.07) is 11.4. The van der Waals surface area contributed by atoms with E-state index < -0.39 is 0 Å². The maximum atomic E-state index is 12.9. The van der Waals surface area contributed by atoms with Crippen LogP contribution >= 0.6 is 0 Å². The Hall–Kier alpha value is -3.42. The van der Waals surface area contributed by atoms with Crippen molar-refractivity contribution in [2.45, 2.75) is 26.7 Å². The van der Waals surface area contributed by atoms with Gasteiger partial charge in [-0.3, -0.25) is 4.79 Å². The zero-order valence-electron chi connectivity index (χ0n) is 17.5. The number of nitrogens with one attached hydrogen (secondary N) is 1. The normalized spacial score (nSPS) is 16.4. The minimum absolute atomic E-state index is 0.00275. The Morgan fingerprint density at radius 1 is 1.17 bits per heavy atom. The van der Waals surface area contributed by atoms with Gasteiger partial charge in [-0.2, -0.15) is 5.10 Å². The van der Waals surface area contributed by atoms with Gasteiger partial charge in [0.2, 0.25) is 5.91 Å². The first-order chi connectivity index (χ1) is 14.5. The first kappa shape index (κ1) is 19.9. The minimum atomic E-state index is -0.129. The third-order valence-corrected chi connectivity index (χ3v) is 5.35. The zero-order chi connectivity index (χ0) is 21.1. The molecule has 4 rings (SSSR count). The molecule has 1 N–H and O–H groups in total. The van der Waals surface area contributed by atoms with Crippen LogP contribution in [0.5, 0.6) is 5.75 Å². The van der Waals surface area contributed by atoms with Gasteiger partial charge in [0.25, 0.3) is 0 Å². The van der Waals surface area contributed by atoms with Crippen molar-refractivity contribution in [2.24, 2.45) is 5.92 Å². The number of aryl methyl sites for hydroxylation is 2. The molecule has 0 saturated carbocycles. The summed E-state index contributed by atoms with van der Waals surface area (Å²) in [7, 11) is 1.60. The third-order valence-electron chi connectivity index (χ3n) is 5.35. The second-order valence-electron chi connectivity index (χ2n) is 7.55. The molecule has 8 nitrogen and oxygen atoms in total. The number of anilines is 2. The summed E-state index contributed by atoms with van der Waals surface area (Å²) in [6.45, 7) is 5.42. The molecule has 1 aliphatic rings. The van der Waals surface area contributed by atoms with E-state index in [-0.39, 0.29) is 11.8 Å². The summed E-state index contributed by atoms with van der Waals surface area (Å²) in [5, 5.41) is 7.52. The number of carbonyl (C=O) groups is 1. The Morgan fingerprint density at radius 3 is 2.73 bits per heavy atom. The molecular formula is C22H26N6O2. The Labute approximate surface area is 175 Å². The summed E-state index contributed by atoms with van der Waals surface area (Å²) < 4.78 is 7.16. The van der Waals surface area contributed by atoms with Crippen molar-refractivity contribution in [1.29, 1.82) is 0 Å². The molecule has 0 aliphatic carbocycles. The fraction of sp³-hybridized carbons (Fsp3) is 0.364. The van der Waals surface area contributed by atoms with E-state index in [1.165, 1.54) is 0 Å². The number of hydrogen-bond donors (Lipinski definition) is 1. The van der Waals surface area contributed by atoms with E-state index in [4.69, 9.17) is 4.74 Å². The Balaban J connectivity index is 1.49. The first-order valence-electron chi connectivity index (χ1n) is 10.1. The van der Waals surface area contributed by atoms with Crippen LogP contribution in [0, 0.1) is 19.8 Å². The highest BCUT2D eigenvalue weighted by Gasteiger charge is 2.27. The molecule has 3 heterocycles. The average Bonchev–Trinajstić information content (AvgIpc) is 3.12. The van der Waals surface area contributed by atoms with Gasteiger partial charge in [-0.15, -0.1) is 0 Å².